The molecule has 10 nitrogen and oxygen atoms in total. The zero-order chi connectivity index (χ0) is 14.3. The second kappa shape index (κ2) is 42.8. The fourth-order valence-electron chi connectivity index (χ4n) is 0. The van der Waals surface area contributed by atoms with Crippen molar-refractivity contribution < 1.29 is 98.7 Å². The van der Waals surface area contributed by atoms with Gasteiger partial charge < -0.3 is 51.9 Å². The predicted molar refractivity (Wildman–Crippen MR) is 54.7 cm³/mol. The summed E-state index contributed by atoms with van der Waals surface area (Å²) in [5.41, 5.74) is 0. The molecule has 0 saturated heterocycles. The van der Waals surface area contributed by atoms with Crippen molar-refractivity contribution in [2.24, 2.45) is 0 Å². The van der Waals surface area contributed by atoms with Crippen LogP contribution in [0.5, 0.6) is 0 Å². The summed E-state index contributed by atoms with van der Waals surface area (Å²) in [5.74, 6) is -4.33. The minimum atomic E-state index is -1.08. The SMILES string of the molecule is CC(=O)[O-].CC(=O)[O-].CC(=O)[O-].CC(=O)[O-].[NH4+].[NH4+].[Na+].[Na+]. The Labute approximate surface area is 161 Å². The predicted octanol–water partition coefficient (Wildman–Crippen LogP) is -10.2. The number of carbonyl (C=O) groups is 4. The van der Waals surface area contributed by atoms with Crippen molar-refractivity contribution >= 4 is 23.9 Å². The van der Waals surface area contributed by atoms with Crippen LogP contribution in [0.2, 0.25) is 0 Å². The third kappa shape index (κ3) is 126000. The maximum atomic E-state index is 8.89. The molecule has 0 aromatic rings. The van der Waals surface area contributed by atoms with Crippen molar-refractivity contribution in [3.05, 3.63) is 0 Å². The van der Waals surface area contributed by atoms with Crippen LogP contribution >= 0.6 is 0 Å². The van der Waals surface area contributed by atoms with Crippen LogP contribution in [-0.2, 0) is 19.2 Å². The van der Waals surface area contributed by atoms with Gasteiger partial charge in [0, 0.05) is 23.9 Å². The second-order valence-corrected chi connectivity index (χ2v) is 1.97. The molecule has 0 aliphatic carbocycles. The summed E-state index contributed by atoms with van der Waals surface area (Å²) in [6.45, 7) is 3.89. The first-order chi connectivity index (χ1) is 6.93. The quantitative estimate of drug-likeness (QED) is 0.405. The van der Waals surface area contributed by atoms with E-state index in [0.29, 0.717) is 0 Å². The van der Waals surface area contributed by atoms with Crippen molar-refractivity contribution in [2.75, 3.05) is 0 Å². The smallest absolute Gasteiger partial charge is 0.550 e. The number of aliphatic carboxylic acids is 4. The standard InChI is InChI=1S/4C2H4O2.2H3N.2Na/c4*1-2(3)4;;;;/h4*1H3,(H,3,4);2*1H3;;/q;;;;;;2*+1/p-2. The largest absolute Gasteiger partial charge is 1.00 e. The van der Waals surface area contributed by atoms with Crippen LogP contribution in [0.1, 0.15) is 27.7 Å². The van der Waals surface area contributed by atoms with Crippen molar-refractivity contribution in [3.63, 3.8) is 0 Å². The molecule has 0 amide bonds. The van der Waals surface area contributed by atoms with Gasteiger partial charge in [-0.1, -0.05) is 0 Å². The monoisotopic (exact) mass is 318 g/mol. The molecule has 0 aromatic heterocycles. The average molecular weight is 318 g/mol. The van der Waals surface area contributed by atoms with E-state index in [1.165, 1.54) is 0 Å². The van der Waals surface area contributed by atoms with Crippen LogP contribution in [0.4, 0.5) is 0 Å². The molecule has 112 valence electrons. The Hall–Kier alpha value is -0.200. The minimum Gasteiger partial charge on any atom is -0.550 e. The number of carboxylic acid groups (broad SMARTS) is 4. The van der Waals surface area contributed by atoms with Crippen LogP contribution in [0.15, 0.2) is 0 Å². The number of hydrogen-bond donors (Lipinski definition) is 2. The van der Waals surface area contributed by atoms with E-state index in [4.69, 9.17) is 39.6 Å². The molecule has 0 aromatic carbocycles. The number of carboxylic acids is 4. The number of carbonyl (C=O) groups excluding carboxylic acids is 4. The normalized spacial score (nSPS) is 5.00. The summed E-state index contributed by atoms with van der Waals surface area (Å²) in [6, 6.07) is 0. The van der Waals surface area contributed by atoms with Crippen molar-refractivity contribution in [2.45, 2.75) is 27.7 Å². The molecular weight excluding hydrogens is 298 g/mol. The van der Waals surface area contributed by atoms with E-state index >= 15 is 0 Å². The summed E-state index contributed by atoms with van der Waals surface area (Å²) in [7, 11) is 0. The maximum absolute atomic E-state index is 8.89. The van der Waals surface area contributed by atoms with Gasteiger partial charge in [-0.05, 0) is 27.7 Å². The molecule has 0 aliphatic heterocycles. The molecular formula is C8H20N2Na2O8. The van der Waals surface area contributed by atoms with Crippen molar-refractivity contribution in [1.29, 1.82) is 0 Å². The van der Waals surface area contributed by atoms with Crippen molar-refractivity contribution in [1.82, 2.24) is 12.3 Å². The van der Waals surface area contributed by atoms with Crippen molar-refractivity contribution in [3.8, 4) is 0 Å². The van der Waals surface area contributed by atoms with Gasteiger partial charge in [0.2, 0.25) is 0 Å². The van der Waals surface area contributed by atoms with Gasteiger partial charge in [-0.15, -0.1) is 0 Å². The first-order valence-corrected chi connectivity index (χ1v) is 3.63. The second-order valence-electron chi connectivity index (χ2n) is 1.97. The fraction of sp³-hybridized carbons (Fsp3) is 0.500. The maximum Gasteiger partial charge on any atom is 1.00 e. The van der Waals surface area contributed by atoms with E-state index in [0.717, 1.165) is 27.7 Å². The third-order valence-corrected chi connectivity index (χ3v) is 0. The van der Waals surface area contributed by atoms with Gasteiger partial charge in [0.25, 0.3) is 0 Å². The number of quaternary nitrogens is 2. The Morgan fingerprint density at radius 1 is 0.500 bits per heavy atom. The summed E-state index contributed by atoms with van der Waals surface area (Å²) in [5, 5.41) is 35.6. The van der Waals surface area contributed by atoms with E-state index in [1.807, 2.05) is 0 Å². The van der Waals surface area contributed by atoms with Gasteiger partial charge in [0.15, 0.2) is 0 Å². The zero-order valence-corrected chi connectivity index (χ0v) is 17.3. The van der Waals surface area contributed by atoms with Gasteiger partial charge in [0.1, 0.15) is 0 Å². The molecule has 0 atom stereocenters. The van der Waals surface area contributed by atoms with Crippen LogP contribution in [0.3, 0.4) is 0 Å². The molecule has 0 spiro atoms. The first-order valence-electron chi connectivity index (χ1n) is 3.63. The molecule has 20 heavy (non-hydrogen) atoms. The molecule has 0 bridgehead atoms. The Bertz CT molecular complexity index is 175. The molecule has 0 aliphatic rings. The van der Waals surface area contributed by atoms with E-state index in [1.54, 1.807) is 0 Å². The summed E-state index contributed by atoms with van der Waals surface area (Å²) < 4.78 is 0. The van der Waals surface area contributed by atoms with Gasteiger partial charge in [0.05, 0.1) is 0 Å². The van der Waals surface area contributed by atoms with Gasteiger partial charge in [-0.3, -0.25) is 0 Å². The average Bonchev–Trinajstić information content (AvgIpc) is 1.76. The topological polar surface area (TPSA) is 234 Å². The molecule has 12 heteroatoms. The molecule has 0 radical (unpaired) electrons. The summed E-state index contributed by atoms with van der Waals surface area (Å²) >= 11 is 0. The van der Waals surface area contributed by atoms with E-state index < -0.39 is 23.9 Å². The van der Waals surface area contributed by atoms with Crippen LogP contribution in [0, 0.1) is 0 Å². The molecule has 0 rings (SSSR count). The van der Waals surface area contributed by atoms with Crippen LogP contribution in [-0.4, -0.2) is 23.9 Å². The fourth-order valence-corrected chi connectivity index (χ4v) is 0. The van der Waals surface area contributed by atoms with E-state index in [-0.39, 0.29) is 71.4 Å². The first kappa shape index (κ1) is 50.3. The summed E-state index contributed by atoms with van der Waals surface area (Å²) in [6.07, 6.45) is 0. The molecule has 8 N–H and O–H groups in total. The van der Waals surface area contributed by atoms with Gasteiger partial charge in [-0.25, -0.2) is 0 Å². The minimum absolute atomic E-state index is 0. The molecule has 0 fully saturated rings. The third-order valence-electron chi connectivity index (χ3n) is 0. The molecule has 0 unspecified atom stereocenters. The van der Waals surface area contributed by atoms with Gasteiger partial charge in [-0.2, -0.15) is 0 Å². The van der Waals surface area contributed by atoms with Crippen LogP contribution in [0.25, 0.3) is 0 Å². The summed E-state index contributed by atoms with van der Waals surface area (Å²) in [4.78, 5) is 35.6. The Morgan fingerprint density at radius 2 is 0.500 bits per heavy atom. The number of rotatable bonds is 0. The zero-order valence-electron chi connectivity index (χ0n) is 13.3. The molecule has 0 heterocycles. The Morgan fingerprint density at radius 3 is 0.500 bits per heavy atom. The van der Waals surface area contributed by atoms with E-state index in [9.17, 15) is 0 Å². The number of hydrogen-bond acceptors (Lipinski definition) is 8. The Kier molecular flexibility index (Phi) is 108. The Balaban J connectivity index is -0.0000000150. The molecule has 0 saturated carbocycles. The van der Waals surface area contributed by atoms with Crippen LogP contribution < -0.4 is 91.8 Å². The van der Waals surface area contributed by atoms with Gasteiger partial charge >= 0.3 is 59.1 Å². The van der Waals surface area contributed by atoms with E-state index in [2.05, 4.69) is 0 Å².